The predicted octanol–water partition coefficient (Wildman–Crippen LogP) is 4.72. The summed E-state index contributed by atoms with van der Waals surface area (Å²) in [6.07, 6.45) is 3.42. The number of benzene rings is 3. The molecule has 0 saturated carbocycles. The number of pyridine rings is 1. The molecule has 0 unspecified atom stereocenters. The second kappa shape index (κ2) is 23.6. The Kier molecular flexibility index (Phi) is 18.2. The van der Waals surface area contributed by atoms with Crippen molar-refractivity contribution >= 4 is 34.4 Å². The van der Waals surface area contributed by atoms with E-state index in [1.165, 1.54) is 7.11 Å². The molecule has 0 saturated heterocycles. The largest absolute Gasteiger partial charge is 0.491 e. The van der Waals surface area contributed by atoms with Crippen LogP contribution in [0.15, 0.2) is 79.0 Å². The summed E-state index contributed by atoms with van der Waals surface area (Å²) in [4.78, 5) is 41.9. The van der Waals surface area contributed by atoms with Gasteiger partial charge in [0, 0.05) is 31.1 Å². The fraction of sp³-hybridized carbons (Fsp3) is 0.415. The molecule has 4 rings (SSSR count). The van der Waals surface area contributed by atoms with Gasteiger partial charge in [0.1, 0.15) is 18.2 Å². The van der Waals surface area contributed by atoms with Gasteiger partial charge in [-0.2, -0.15) is 0 Å². The van der Waals surface area contributed by atoms with Crippen LogP contribution >= 0.6 is 0 Å². The first-order valence-corrected chi connectivity index (χ1v) is 18.4. The fourth-order valence-electron chi connectivity index (χ4n) is 5.65. The lowest BCUT2D eigenvalue weighted by atomic mass is 9.95. The smallest absolute Gasteiger partial charge is 0.307 e. The molecule has 290 valence electrons. The summed E-state index contributed by atoms with van der Waals surface area (Å²) >= 11 is 0. The van der Waals surface area contributed by atoms with Crippen LogP contribution < -0.4 is 26.4 Å². The molecule has 0 spiro atoms. The molecule has 0 bridgehead atoms. The Hall–Kier alpha value is -5.08. The van der Waals surface area contributed by atoms with E-state index in [1.54, 1.807) is 6.20 Å². The number of esters is 1. The summed E-state index contributed by atoms with van der Waals surface area (Å²) in [5.41, 5.74) is 9.21. The minimum atomic E-state index is -0.645. The maximum Gasteiger partial charge on any atom is 0.307 e. The van der Waals surface area contributed by atoms with Gasteiger partial charge in [0.25, 0.3) is 0 Å². The molecule has 3 aromatic carbocycles. The second-order valence-corrected chi connectivity index (χ2v) is 12.5. The van der Waals surface area contributed by atoms with Crippen molar-refractivity contribution < 1.29 is 38.1 Å². The molecule has 13 heteroatoms. The summed E-state index contributed by atoms with van der Waals surface area (Å²) in [5, 5.41) is 10.8. The number of hydrogen-bond acceptors (Lipinski definition) is 11. The van der Waals surface area contributed by atoms with Crippen LogP contribution in [-0.4, -0.2) is 95.8 Å². The number of fused-ring (bicyclic) bond motifs is 1. The van der Waals surface area contributed by atoms with Gasteiger partial charge in [-0.15, -0.1) is 0 Å². The highest BCUT2D eigenvalue weighted by Gasteiger charge is 2.20. The van der Waals surface area contributed by atoms with Gasteiger partial charge < -0.3 is 45.4 Å². The number of rotatable bonds is 25. The third-order valence-corrected chi connectivity index (χ3v) is 8.43. The number of unbranched alkanes of at least 4 members (excludes halogenated alkanes) is 1. The van der Waals surface area contributed by atoms with Crippen LogP contribution in [0.4, 0.5) is 5.82 Å². The Labute approximate surface area is 317 Å². The van der Waals surface area contributed by atoms with E-state index in [0.717, 1.165) is 51.0 Å². The molecule has 2 amide bonds. The van der Waals surface area contributed by atoms with E-state index in [0.29, 0.717) is 72.2 Å². The molecule has 0 aliphatic rings. The van der Waals surface area contributed by atoms with Crippen molar-refractivity contribution in [2.75, 3.05) is 78.3 Å². The normalized spacial score (nSPS) is 11.5. The molecule has 0 fully saturated rings. The SMILES string of the molecule is COC(=O)C[C@H](NC(=O)CNC(=O)CCCCNc1cc(C)ccn1)c1ccc(-c2ccc(OCCOCCOCCOCCN)c3ccccc23)cc1. The number of aryl methyl sites for hydroxylation is 1. The number of carbonyl (C=O) groups excluding carboxylic acids is 3. The first-order chi connectivity index (χ1) is 26.4. The molecule has 0 aliphatic carbocycles. The zero-order valence-electron chi connectivity index (χ0n) is 31.3. The maximum absolute atomic E-state index is 12.9. The summed E-state index contributed by atoms with van der Waals surface area (Å²) in [7, 11) is 1.31. The van der Waals surface area contributed by atoms with E-state index in [1.807, 2.05) is 79.7 Å². The van der Waals surface area contributed by atoms with E-state index < -0.39 is 17.9 Å². The standard InChI is InChI=1S/C41H53N5O8/c1-30-16-19-44-38(27-30)43-18-6-5-9-39(47)45-29-40(48)46-36(28-41(49)50-2)32-12-10-31(11-13-32)33-14-15-37(35-8-4-3-7-34(33)35)54-26-25-53-24-23-52-22-21-51-20-17-42/h3-4,7-8,10-16,19,27,36H,5-6,9,17-18,20-26,28-29,42H2,1-2H3,(H,43,44)(H,45,47)(H,46,48)/t36-/m0/s1. The molecule has 0 radical (unpaired) electrons. The lowest BCUT2D eigenvalue weighted by Gasteiger charge is -2.19. The molecule has 1 heterocycles. The quantitative estimate of drug-likeness (QED) is 0.0547. The number of hydrogen-bond donors (Lipinski definition) is 4. The van der Waals surface area contributed by atoms with Crippen LogP contribution in [0.5, 0.6) is 5.75 Å². The van der Waals surface area contributed by atoms with Crippen molar-refractivity contribution in [3.8, 4) is 16.9 Å². The van der Waals surface area contributed by atoms with Crippen LogP contribution in [0.1, 0.15) is 42.9 Å². The second-order valence-electron chi connectivity index (χ2n) is 12.5. The maximum atomic E-state index is 12.9. The number of ether oxygens (including phenoxy) is 5. The first kappa shape index (κ1) is 41.7. The average molecular weight is 744 g/mol. The number of nitrogens with zero attached hydrogens (tertiary/aromatic N) is 1. The molecule has 13 nitrogen and oxygen atoms in total. The summed E-state index contributed by atoms with van der Waals surface area (Å²) in [5.74, 6) is 0.472. The van der Waals surface area contributed by atoms with Gasteiger partial charge in [-0.1, -0.05) is 54.6 Å². The number of nitrogens with two attached hydrogens (primary N) is 1. The van der Waals surface area contributed by atoms with Gasteiger partial charge in [-0.05, 0) is 65.6 Å². The van der Waals surface area contributed by atoms with Crippen molar-refractivity contribution in [2.24, 2.45) is 5.73 Å². The van der Waals surface area contributed by atoms with E-state index in [-0.39, 0.29) is 18.9 Å². The zero-order chi connectivity index (χ0) is 38.4. The molecule has 1 atom stereocenters. The summed E-state index contributed by atoms with van der Waals surface area (Å²) < 4.78 is 27.4. The molecule has 0 aliphatic heterocycles. The van der Waals surface area contributed by atoms with Crippen molar-refractivity contribution in [2.45, 2.75) is 38.6 Å². The lowest BCUT2D eigenvalue weighted by Crippen LogP contribution is -2.39. The van der Waals surface area contributed by atoms with Gasteiger partial charge in [0.05, 0.1) is 65.8 Å². The Balaban J connectivity index is 1.26. The number of anilines is 1. The Bertz CT molecular complexity index is 1750. The van der Waals surface area contributed by atoms with Gasteiger partial charge in [-0.3, -0.25) is 14.4 Å². The molecular formula is C41H53N5O8. The van der Waals surface area contributed by atoms with E-state index in [2.05, 4.69) is 20.9 Å². The number of methoxy groups -OCH3 is 1. The highest BCUT2D eigenvalue weighted by Crippen LogP contribution is 2.35. The highest BCUT2D eigenvalue weighted by molar-refractivity contribution is 6.00. The molecule has 1 aromatic heterocycles. The Morgan fingerprint density at radius 1 is 0.796 bits per heavy atom. The molecule has 54 heavy (non-hydrogen) atoms. The topological polar surface area (TPSA) is 172 Å². The minimum absolute atomic E-state index is 0.0613. The Morgan fingerprint density at radius 2 is 1.50 bits per heavy atom. The van der Waals surface area contributed by atoms with E-state index in [4.69, 9.17) is 29.4 Å². The number of carbonyl (C=O) groups is 3. The summed E-state index contributed by atoms with van der Waals surface area (Å²) in [6, 6.07) is 22.9. The van der Waals surface area contributed by atoms with Crippen LogP contribution in [0.3, 0.4) is 0 Å². The highest BCUT2D eigenvalue weighted by atomic mass is 16.6. The van der Waals surface area contributed by atoms with Gasteiger partial charge in [-0.25, -0.2) is 4.98 Å². The summed E-state index contributed by atoms with van der Waals surface area (Å²) in [6.45, 7) is 6.28. The molecular weight excluding hydrogens is 690 g/mol. The van der Waals surface area contributed by atoms with Crippen LogP contribution in [-0.2, 0) is 33.3 Å². The number of aromatic nitrogens is 1. The van der Waals surface area contributed by atoms with Gasteiger partial charge in [0.15, 0.2) is 0 Å². The predicted molar refractivity (Wildman–Crippen MR) is 208 cm³/mol. The number of nitrogens with one attached hydrogen (secondary N) is 3. The van der Waals surface area contributed by atoms with E-state index >= 15 is 0 Å². The van der Waals surface area contributed by atoms with Crippen molar-refractivity contribution in [1.29, 1.82) is 0 Å². The van der Waals surface area contributed by atoms with Gasteiger partial charge in [0.2, 0.25) is 11.8 Å². The van der Waals surface area contributed by atoms with Crippen molar-refractivity contribution in [1.82, 2.24) is 15.6 Å². The van der Waals surface area contributed by atoms with Crippen molar-refractivity contribution in [3.63, 3.8) is 0 Å². The van der Waals surface area contributed by atoms with Crippen LogP contribution in [0, 0.1) is 6.92 Å². The third-order valence-electron chi connectivity index (χ3n) is 8.43. The van der Waals surface area contributed by atoms with Crippen LogP contribution in [0.25, 0.3) is 21.9 Å². The zero-order valence-corrected chi connectivity index (χ0v) is 31.3. The van der Waals surface area contributed by atoms with Gasteiger partial charge >= 0.3 is 5.97 Å². The average Bonchev–Trinajstić information content (AvgIpc) is 3.18. The third kappa shape index (κ3) is 14.4. The molecule has 5 N–H and O–H groups in total. The lowest BCUT2D eigenvalue weighted by molar-refractivity contribution is -0.141. The number of amides is 2. The monoisotopic (exact) mass is 743 g/mol. The molecule has 4 aromatic rings. The Morgan fingerprint density at radius 3 is 2.20 bits per heavy atom. The minimum Gasteiger partial charge on any atom is -0.491 e. The first-order valence-electron chi connectivity index (χ1n) is 18.4. The van der Waals surface area contributed by atoms with E-state index in [9.17, 15) is 14.4 Å². The van der Waals surface area contributed by atoms with Crippen molar-refractivity contribution in [3.05, 3.63) is 90.1 Å². The fourth-order valence-corrected chi connectivity index (χ4v) is 5.65. The van der Waals surface area contributed by atoms with Crippen LogP contribution in [0.2, 0.25) is 0 Å².